The molecule has 0 atom stereocenters. The van der Waals surface area contributed by atoms with Gasteiger partial charge in [-0.25, -0.2) is 14.2 Å². The number of piperazine rings is 1. The lowest BCUT2D eigenvalue weighted by atomic mass is 10.2. The summed E-state index contributed by atoms with van der Waals surface area (Å²) in [6.07, 6.45) is 3.03. The number of imidazole rings is 1. The van der Waals surface area contributed by atoms with Gasteiger partial charge in [0, 0.05) is 44.1 Å². The number of aromatic nitrogens is 3. The fourth-order valence-corrected chi connectivity index (χ4v) is 3.87. The molecular formula is C24H30FN7O3. The van der Waals surface area contributed by atoms with Crippen LogP contribution in [0.25, 0.3) is 5.65 Å². The Bertz CT molecular complexity index is 1260. The molecule has 2 N–H and O–H groups in total. The monoisotopic (exact) mass is 483 g/mol. The highest BCUT2D eigenvalue weighted by Crippen LogP contribution is 2.29. The van der Waals surface area contributed by atoms with E-state index >= 15 is 0 Å². The van der Waals surface area contributed by atoms with Crippen molar-refractivity contribution < 1.29 is 18.7 Å². The second-order valence-electron chi connectivity index (χ2n) is 9.37. The van der Waals surface area contributed by atoms with Gasteiger partial charge in [0.15, 0.2) is 11.5 Å². The van der Waals surface area contributed by atoms with Gasteiger partial charge < -0.3 is 29.0 Å². The van der Waals surface area contributed by atoms with Crippen LogP contribution in [0.5, 0.6) is 5.88 Å². The number of hydrogen-bond acceptors (Lipinski definition) is 7. The van der Waals surface area contributed by atoms with E-state index in [1.165, 1.54) is 13.2 Å². The van der Waals surface area contributed by atoms with Crippen molar-refractivity contribution in [3.8, 4) is 5.88 Å². The van der Waals surface area contributed by atoms with E-state index in [-0.39, 0.29) is 17.6 Å². The van der Waals surface area contributed by atoms with Crippen molar-refractivity contribution in [3.05, 3.63) is 47.7 Å². The summed E-state index contributed by atoms with van der Waals surface area (Å²) in [5.41, 5.74) is 1.52. The van der Waals surface area contributed by atoms with Crippen LogP contribution in [0.1, 0.15) is 32.0 Å². The molecule has 0 unspecified atom stereocenters. The van der Waals surface area contributed by atoms with E-state index in [1.54, 1.807) is 34.7 Å². The molecule has 0 bridgehead atoms. The summed E-state index contributed by atoms with van der Waals surface area (Å²) in [5, 5.41) is 11.3. The van der Waals surface area contributed by atoms with Crippen molar-refractivity contribution in [1.82, 2.24) is 19.3 Å². The summed E-state index contributed by atoms with van der Waals surface area (Å²) in [4.78, 5) is 24.7. The van der Waals surface area contributed by atoms with Crippen molar-refractivity contribution in [3.63, 3.8) is 0 Å². The molecule has 35 heavy (non-hydrogen) atoms. The highest BCUT2D eigenvalue weighted by Gasteiger charge is 2.27. The van der Waals surface area contributed by atoms with Crippen LogP contribution < -0.4 is 15.0 Å². The third-order valence-electron chi connectivity index (χ3n) is 5.47. The van der Waals surface area contributed by atoms with Crippen molar-refractivity contribution in [1.29, 1.82) is 5.41 Å². The Kier molecular flexibility index (Phi) is 6.51. The molecular weight excluding hydrogens is 453 g/mol. The smallest absolute Gasteiger partial charge is 0.410 e. The van der Waals surface area contributed by atoms with E-state index in [9.17, 15) is 9.18 Å². The fraction of sp³-hybridized carbons (Fsp3) is 0.417. The molecule has 3 aromatic rings. The number of nitrogens with one attached hydrogen (secondary N) is 2. The number of amides is 1. The maximum atomic E-state index is 14.4. The molecule has 0 radical (unpaired) electrons. The Balaban J connectivity index is 1.44. The number of rotatable bonds is 4. The summed E-state index contributed by atoms with van der Waals surface area (Å²) in [6.45, 7) is 9.56. The Labute approximate surface area is 203 Å². The third-order valence-corrected chi connectivity index (χ3v) is 5.47. The first-order valence-corrected chi connectivity index (χ1v) is 11.3. The number of pyridine rings is 2. The van der Waals surface area contributed by atoms with Gasteiger partial charge in [-0.2, -0.15) is 4.98 Å². The second kappa shape index (κ2) is 9.40. The zero-order valence-electron chi connectivity index (χ0n) is 20.6. The summed E-state index contributed by atoms with van der Waals surface area (Å²) in [7, 11) is 1.53. The first-order chi connectivity index (χ1) is 16.5. The quantitative estimate of drug-likeness (QED) is 0.430. The molecule has 11 heteroatoms. The normalized spacial score (nSPS) is 14.2. The predicted octanol–water partition coefficient (Wildman–Crippen LogP) is 3.68. The number of halogens is 1. The molecule has 4 heterocycles. The Morgan fingerprint density at radius 3 is 2.51 bits per heavy atom. The maximum absolute atomic E-state index is 14.4. The van der Waals surface area contributed by atoms with E-state index in [0.717, 1.165) is 5.69 Å². The summed E-state index contributed by atoms with van der Waals surface area (Å²) in [5.74, 6) is 0.268. The number of amidine groups is 1. The molecule has 1 aliphatic heterocycles. The number of aryl methyl sites for hydroxylation is 1. The standard InChI is InChI=1S/C24H30FN7O3/c1-15-13-32-14-16(12-17(25)21(32)27-15)20(26)28-19-7-6-18(22(29-19)34-5)30-8-10-31(11-9-30)23(33)35-24(2,3)4/h6-7,12-14H,8-11H2,1-5H3,(H2,26,28,29). The van der Waals surface area contributed by atoms with Crippen molar-refractivity contribution in [2.75, 3.05) is 43.5 Å². The van der Waals surface area contributed by atoms with Crippen LogP contribution in [-0.2, 0) is 4.74 Å². The van der Waals surface area contributed by atoms with Gasteiger partial charge in [0.1, 0.15) is 22.9 Å². The number of ether oxygens (including phenoxy) is 2. The van der Waals surface area contributed by atoms with Crippen molar-refractivity contribution in [2.45, 2.75) is 33.3 Å². The lowest BCUT2D eigenvalue weighted by molar-refractivity contribution is 0.0240. The van der Waals surface area contributed by atoms with E-state index < -0.39 is 11.4 Å². The molecule has 10 nitrogen and oxygen atoms in total. The molecule has 0 aromatic carbocycles. The van der Waals surface area contributed by atoms with E-state index in [0.29, 0.717) is 49.1 Å². The van der Waals surface area contributed by atoms with Gasteiger partial charge in [0.2, 0.25) is 5.88 Å². The number of nitrogens with zero attached hydrogens (tertiary/aromatic N) is 5. The number of anilines is 2. The molecule has 3 aromatic heterocycles. The predicted molar refractivity (Wildman–Crippen MR) is 131 cm³/mol. The summed E-state index contributed by atoms with van der Waals surface area (Å²) in [6, 6.07) is 4.86. The molecule has 1 amide bonds. The van der Waals surface area contributed by atoms with Crippen LogP contribution in [0.2, 0.25) is 0 Å². The van der Waals surface area contributed by atoms with Gasteiger partial charge in [-0.05, 0) is 45.9 Å². The van der Waals surface area contributed by atoms with Crippen LogP contribution in [-0.4, -0.2) is 70.1 Å². The largest absolute Gasteiger partial charge is 0.479 e. The first-order valence-electron chi connectivity index (χ1n) is 11.3. The molecule has 0 saturated carbocycles. The van der Waals surface area contributed by atoms with Gasteiger partial charge >= 0.3 is 6.09 Å². The average Bonchev–Trinajstić information content (AvgIpc) is 3.19. The minimum atomic E-state index is -0.535. The first kappa shape index (κ1) is 24.2. The van der Waals surface area contributed by atoms with Crippen LogP contribution in [0.4, 0.5) is 20.7 Å². The number of methoxy groups -OCH3 is 1. The average molecular weight is 484 g/mol. The van der Waals surface area contributed by atoms with Crippen molar-refractivity contribution >= 4 is 29.1 Å². The van der Waals surface area contributed by atoms with E-state index in [1.807, 2.05) is 26.8 Å². The molecule has 1 aliphatic rings. The van der Waals surface area contributed by atoms with Crippen LogP contribution >= 0.6 is 0 Å². The van der Waals surface area contributed by atoms with Crippen LogP contribution in [0.3, 0.4) is 0 Å². The van der Waals surface area contributed by atoms with Gasteiger partial charge in [-0.1, -0.05) is 0 Å². The highest BCUT2D eigenvalue weighted by molar-refractivity contribution is 6.05. The number of hydrogen-bond donors (Lipinski definition) is 2. The van der Waals surface area contributed by atoms with Crippen LogP contribution in [0.15, 0.2) is 30.6 Å². The number of fused-ring (bicyclic) bond motifs is 1. The third kappa shape index (κ3) is 5.44. The van der Waals surface area contributed by atoms with Crippen molar-refractivity contribution in [2.24, 2.45) is 0 Å². The molecule has 0 aliphatic carbocycles. The summed E-state index contributed by atoms with van der Waals surface area (Å²) >= 11 is 0. The maximum Gasteiger partial charge on any atom is 0.410 e. The lowest BCUT2D eigenvalue weighted by Gasteiger charge is -2.37. The van der Waals surface area contributed by atoms with E-state index in [4.69, 9.17) is 14.9 Å². The van der Waals surface area contributed by atoms with Gasteiger partial charge in [0.25, 0.3) is 0 Å². The SMILES string of the molecule is COc1nc(NC(=N)c2cc(F)c3nc(C)cn3c2)ccc1N1CCN(C(=O)OC(C)(C)C)CC1. The summed E-state index contributed by atoms with van der Waals surface area (Å²) < 4.78 is 26.9. The van der Waals surface area contributed by atoms with E-state index in [2.05, 4.69) is 20.2 Å². The Morgan fingerprint density at radius 1 is 1.14 bits per heavy atom. The molecule has 1 saturated heterocycles. The fourth-order valence-electron chi connectivity index (χ4n) is 3.87. The number of carbonyl (C=O) groups excluding carboxylic acids is 1. The molecule has 4 rings (SSSR count). The van der Waals surface area contributed by atoms with Gasteiger partial charge in [-0.15, -0.1) is 0 Å². The van der Waals surface area contributed by atoms with Gasteiger partial charge in [-0.3, -0.25) is 5.41 Å². The minimum Gasteiger partial charge on any atom is -0.479 e. The Hall–Kier alpha value is -3.89. The van der Waals surface area contributed by atoms with Crippen LogP contribution in [0, 0.1) is 18.2 Å². The molecule has 0 spiro atoms. The highest BCUT2D eigenvalue weighted by atomic mass is 19.1. The molecule has 1 fully saturated rings. The Morgan fingerprint density at radius 2 is 1.86 bits per heavy atom. The van der Waals surface area contributed by atoms with Gasteiger partial charge in [0.05, 0.1) is 12.8 Å². The topological polar surface area (TPSA) is 108 Å². The lowest BCUT2D eigenvalue weighted by Crippen LogP contribution is -2.50. The molecule has 186 valence electrons. The zero-order chi connectivity index (χ0) is 25.3. The second-order valence-corrected chi connectivity index (χ2v) is 9.37. The zero-order valence-corrected chi connectivity index (χ0v) is 20.6. The number of carbonyl (C=O) groups is 1. The minimum absolute atomic E-state index is 0.00886.